The highest BCUT2D eigenvalue weighted by Gasteiger charge is 2.26. The Morgan fingerprint density at radius 3 is 2.69 bits per heavy atom. The predicted molar refractivity (Wildman–Crippen MR) is 110 cm³/mol. The van der Waals surface area contributed by atoms with E-state index >= 15 is 0 Å². The zero-order valence-corrected chi connectivity index (χ0v) is 17.0. The maximum atomic E-state index is 12.6. The molecule has 0 unspecified atom stereocenters. The number of rotatable bonds is 6. The summed E-state index contributed by atoms with van der Waals surface area (Å²) < 4.78 is 42.4. The van der Waals surface area contributed by atoms with E-state index in [9.17, 15) is 13.2 Å². The number of carbonyl (C=O) groups is 1. The number of ether oxygens (including phenoxy) is 2. The van der Waals surface area contributed by atoms with Crippen molar-refractivity contribution in [3.8, 4) is 5.75 Å². The fourth-order valence-corrected chi connectivity index (χ4v) is 4.97. The molecule has 29 heavy (non-hydrogen) atoms. The lowest BCUT2D eigenvalue weighted by Gasteiger charge is -2.26. The van der Waals surface area contributed by atoms with E-state index in [1.165, 1.54) is 28.0 Å². The lowest BCUT2D eigenvalue weighted by atomic mass is 10.2. The second-order valence-electron chi connectivity index (χ2n) is 6.40. The summed E-state index contributed by atoms with van der Waals surface area (Å²) in [4.78, 5) is 12.3. The molecular weight excluding hydrogens is 414 g/mol. The van der Waals surface area contributed by atoms with Gasteiger partial charge in [-0.25, -0.2) is 8.42 Å². The molecule has 1 amide bonds. The summed E-state index contributed by atoms with van der Waals surface area (Å²) in [6, 6.07) is 11.6. The highest BCUT2D eigenvalue weighted by molar-refractivity contribution is 7.89. The average Bonchev–Trinajstić information content (AvgIpc) is 3.21. The van der Waals surface area contributed by atoms with Crippen molar-refractivity contribution in [2.24, 2.45) is 0 Å². The van der Waals surface area contributed by atoms with E-state index in [-0.39, 0.29) is 17.4 Å². The van der Waals surface area contributed by atoms with Crippen molar-refractivity contribution in [2.45, 2.75) is 4.90 Å². The first kappa shape index (κ1) is 19.8. The third-order valence-electron chi connectivity index (χ3n) is 4.44. The summed E-state index contributed by atoms with van der Waals surface area (Å²) in [5.74, 6) is 0.108. The van der Waals surface area contributed by atoms with Crippen molar-refractivity contribution in [3.63, 3.8) is 0 Å². The van der Waals surface area contributed by atoms with E-state index in [1.807, 2.05) is 18.2 Å². The lowest BCUT2D eigenvalue weighted by Crippen LogP contribution is -2.40. The molecule has 0 saturated carbocycles. The van der Waals surface area contributed by atoms with Crippen LogP contribution in [0.5, 0.6) is 5.75 Å². The Labute approximate surface area is 172 Å². The first-order valence-corrected chi connectivity index (χ1v) is 11.2. The SMILES string of the molecule is O=C(COc1ccc(S(=O)(=O)N2CCOCC2)cc1)Nc1ccc2sncc2c1. The quantitative estimate of drug-likeness (QED) is 0.641. The minimum Gasteiger partial charge on any atom is -0.484 e. The molecule has 0 aliphatic carbocycles. The van der Waals surface area contributed by atoms with Gasteiger partial charge >= 0.3 is 0 Å². The van der Waals surface area contributed by atoms with Crippen molar-refractivity contribution in [2.75, 3.05) is 38.2 Å². The van der Waals surface area contributed by atoms with E-state index in [2.05, 4.69) is 9.69 Å². The maximum absolute atomic E-state index is 12.6. The molecule has 0 bridgehead atoms. The third kappa shape index (κ3) is 4.56. The van der Waals surface area contributed by atoms with E-state index < -0.39 is 10.0 Å². The van der Waals surface area contributed by atoms with Crippen LogP contribution in [0.25, 0.3) is 10.1 Å². The minimum absolute atomic E-state index is 0.185. The monoisotopic (exact) mass is 433 g/mol. The van der Waals surface area contributed by atoms with Crippen LogP contribution < -0.4 is 10.1 Å². The number of hydrogen-bond donors (Lipinski definition) is 1. The number of nitrogens with zero attached hydrogens (tertiary/aromatic N) is 2. The van der Waals surface area contributed by atoms with Crippen molar-refractivity contribution < 1.29 is 22.7 Å². The molecule has 0 spiro atoms. The fraction of sp³-hybridized carbons (Fsp3) is 0.263. The Kier molecular flexibility index (Phi) is 5.76. The molecule has 0 atom stereocenters. The van der Waals surface area contributed by atoms with Gasteiger partial charge in [0.15, 0.2) is 6.61 Å². The van der Waals surface area contributed by atoms with Gasteiger partial charge in [0.1, 0.15) is 5.75 Å². The third-order valence-corrected chi connectivity index (χ3v) is 7.13. The number of fused-ring (bicyclic) bond motifs is 1. The normalized spacial score (nSPS) is 15.3. The minimum atomic E-state index is -3.55. The van der Waals surface area contributed by atoms with Crippen LogP contribution in [0, 0.1) is 0 Å². The maximum Gasteiger partial charge on any atom is 0.262 e. The predicted octanol–water partition coefficient (Wildman–Crippen LogP) is 2.33. The van der Waals surface area contributed by atoms with Crippen molar-refractivity contribution in [3.05, 3.63) is 48.7 Å². The van der Waals surface area contributed by atoms with Crippen LogP contribution in [-0.2, 0) is 19.6 Å². The molecule has 1 aliphatic rings. The molecule has 2 aromatic carbocycles. The molecule has 0 radical (unpaired) electrons. The van der Waals surface area contributed by atoms with Gasteiger partial charge < -0.3 is 14.8 Å². The van der Waals surface area contributed by atoms with Gasteiger partial charge in [-0.15, -0.1) is 0 Å². The van der Waals surface area contributed by atoms with Gasteiger partial charge in [0.2, 0.25) is 10.0 Å². The molecule has 1 aliphatic heterocycles. The average molecular weight is 434 g/mol. The zero-order chi connectivity index (χ0) is 20.3. The second-order valence-corrected chi connectivity index (χ2v) is 9.17. The van der Waals surface area contributed by atoms with Crippen LogP contribution in [0.3, 0.4) is 0 Å². The summed E-state index contributed by atoms with van der Waals surface area (Å²) >= 11 is 1.39. The lowest BCUT2D eigenvalue weighted by molar-refractivity contribution is -0.118. The van der Waals surface area contributed by atoms with Gasteiger partial charge in [-0.2, -0.15) is 8.68 Å². The van der Waals surface area contributed by atoms with E-state index in [4.69, 9.17) is 9.47 Å². The summed E-state index contributed by atoms with van der Waals surface area (Å²) in [5.41, 5.74) is 0.665. The number of anilines is 1. The molecular formula is C19H19N3O5S2. The number of nitrogens with one attached hydrogen (secondary N) is 1. The smallest absolute Gasteiger partial charge is 0.262 e. The molecule has 4 rings (SSSR count). The molecule has 1 aromatic heterocycles. The van der Waals surface area contributed by atoms with Crippen molar-refractivity contribution in [1.82, 2.24) is 8.68 Å². The topological polar surface area (TPSA) is 97.8 Å². The number of carbonyl (C=O) groups excluding carboxylic acids is 1. The summed E-state index contributed by atoms with van der Waals surface area (Å²) in [5, 5.41) is 3.73. The van der Waals surface area contributed by atoms with Crippen molar-refractivity contribution in [1.29, 1.82) is 0 Å². The van der Waals surface area contributed by atoms with Crippen LogP contribution in [0.15, 0.2) is 53.6 Å². The summed E-state index contributed by atoms with van der Waals surface area (Å²) in [7, 11) is -3.55. The van der Waals surface area contributed by atoms with Gasteiger partial charge in [0.05, 0.1) is 22.8 Å². The Hall–Kier alpha value is -2.53. The van der Waals surface area contributed by atoms with Crippen molar-refractivity contribution >= 4 is 43.2 Å². The zero-order valence-electron chi connectivity index (χ0n) is 15.4. The van der Waals surface area contributed by atoms with Gasteiger partial charge in [0, 0.05) is 30.4 Å². The molecule has 8 nitrogen and oxygen atoms in total. The molecule has 1 saturated heterocycles. The highest BCUT2D eigenvalue weighted by Crippen LogP contribution is 2.22. The first-order chi connectivity index (χ1) is 14.0. The van der Waals surface area contributed by atoms with E-state index in [0.29, 0.717) is 37.7 Å². The number of hydrogen-bond acceptors (Lipinski definition) is 7. The Morgan fingerprint density at radius 2 is 1.93 bits per heavy atom. The summed E-state index contributed by atoms with van der Waals surface area (Å²) in [6.07, 6.45) is 1.75. The van der Waals surface area contributed by atoms with Gasteiger partial charge in [-0.1, -0.05) is 0 Å². The molecule has 152 valence electrons. The Bertz CT molecular complexity index is 1110. The number of sulfonamides is 1. The second kappa shape index (κ2) is 8.46. The number of benzene rings is 2. The van der Waals surface area contributed by atoms with Crippen LogP contribution >= 0.6 is 11.5 Å². The molecule has 1 N–H and O–H groups in total. The summed E-state index contributed by atoms with van der Waals surface area (Å²) in [6.45, 7) is 1.29. The molecule has 1 fully saturated rings. The number of aromatic nitrogens is 1. The van der Waals surface area contributed by atoms with Gasteiger partial charge in [-0.05, 0) is 54.0 Å². The molecule has 2 heterocycles. The van der Waals surface area contributed by atoms with Gasteiger partial charge in [-0.3, -0.25) is 4.79 Å². The van der Waals surface area contributed by atoms with Gasteiger partial charge in [0.25, 0.3) is 5.91 Å². The van der Waals surface area contributed by atoms with Crippen LogP contribution in [0.1, 0.15) is 0 Å². The molecule has 10 heteroatoms. The number of morpholine rings is 1. The Balaban J connectivity index is 1.34. The highest BCUT2D eigenvalue weighted by atomic mass is 32.2. The largest absolute Gasteiger partial charge is 0.484 e. The van der Waals surface area contributed by atoms with Crippen LogP contribution in [0.2, 0.25) is 0 Å². The van der Waals surface area contributed by atoms with E-state index in [0.717, 1.165) is 10.1 Å². The fourth-order valence-electron chi connectivity index (χ4n) is 2.94. The van der Waals surface area contributed by atoms with Crippen LogP contribution in [0.4, 0.5) is 5.69 Å². The van der Waals surface area contributed by atoms with Crippen LogP contribution in [-0.4, -0.2) is 55.9 Å². The standard InChI is InChI=1S/C19H19N3O5S2/c23-19(21-15-1-6-18-14(11-15)12-20-28-18)13-27-16-2-4-17(5-3-16)29(24,25)22-7-9-26-10-8-22/h1-6,11-12H,7-10,13H2,(H,21,23). The number of amides is 1. The first-order valence-electron chi connectivity index (χ1n) is 8.97. The Morgan fingerprint density at radius 1 is 1.17 bits per heavy atom. The molecule has 3 aromatic rings. The van der Waals surface area contributed by atoms with E-state index in [1.54, 1.807) is 18.3 Å².